The van der Waals surface area contributed by atoms with Crippen LogP contribution in [-0.2, 0) is 6.54 Å². The summed E-state index contributed by atoms with van der Waals surface area (Å²) in [5.41, 5.74) is 3.87. The normalized spacial score (nSPS) is 10.7. The van der Waals surface area contributed by atoms with Crippen LogP contribution in [0.25, 0.3) is 0 Å². The molecular weight excluding hydrogens is 357 g/mol. The molecule has 1 aromatic heterocycles. The third-order valence-electron chi connectivity index (χ3n) is 3.98. The van der Waals surface area contributed by atoms with Crippen LogP contribution in [0.15, 0.2) is 48.5 Å². The second kappa shape index (κ2) is 7.30. The van der Waals surface area contributed by atoms with E-state index in [0.29, 0.717) is 27.8 Å². The number of hydrogen-bond acceptors (Lipinski definition) is 2. The average Bonchev–Trinajstić information content (AvgIpc) is 2.85. The van der Waals surface area contributed by atoms with Crippen molar-refractivity contribution in [1.82, 2.24) is 9.78 Å². The molecule has 1 amide bonds. The highest BCUT2D eigenvalue weighted by Gasteiger charge is 2.16. The predicted molar refractivity (Wildman–Crippen MR) is 102 cm³/mol. The molecule has 0 aliphatic rings. The summed E-state index contributed by atoms with van der Waals surface area (Å²) in [7, 11) is 0. The third-order valence-corrected chi connectivity index (χ3v) is 4.57. The van der Waals surface area contributed by atoms with E-state index in [1.165, 1.54) is 0 Å². The first kappa shape index (κ1) is 17.5. The van der Waals surface area contributed by atoms with Gasteiger partial charge in [-0.25, -0.2) is 0 Å². The maximum absolute atomic E-state index is 12.5. The lowest BCUT2D eigenvalue weighted by Crippen LogP contribution is -2.14. The van der Waals surface area contributed by atoms with Crippen molar-refractivity contribution in [3.05, 3.63) is 81.1 Å². The van der Waals surface area contributed by atoms with Gasteiger partial charge in [0.05, 0.1) is 34.2 Å². The number of carbonyl (C=O) groups excluding carboxylic acids is 1. The van der Waals surface area contributed by atoms with Gasteiger partial charge in [-0.3, -0.25) is 9.48 Å². The van der Waals surface area contributed by atoms with Gasteiger partial charge in [0.1, 0.15) is 0 Å². The molecule has 1 N–H and O–H groups in total. The Morgan fingerprint density at radius 1 is 1.08 bits per heavy atom. The standard InChI is InChI=1S/C19H17Cl2N3O/c1-12-18(22-19(25)16-5-3-4-6-17(16)21)13(2)24(23-12)11-14-7-9-15(20)10-8-14/h3-10H,11H2,1-2H3,(H,22,25). The first-order valence-corrected chi connectivity index (χ1v) is 8.55. The number of anilines is 1. The molecule has 0 saturated carbocycles. The molecule has 3 rings (SSSR count). The summed E-state index contributed by atoms with van der Waals surface area (Å²) in [4.78, 5) is 12.5. The van der Waals surface area contributed by atoms with E-state index >= 15 is 0 Å². The van der Waals surface area contributed by atoms with Crippen LogP contribution < -0.4 is 5.32 Å². The van der Waals surface area contributed by atoms with E-state index in [9.17, 15) is 4.79 Å². The topological polar surface area (TPSA) is 46.9 Å². The number of aryl methyl sites for hydroxylation is 1. The second-order valence-electron chi connectivity index (χ2n) is 5.76. The van der Waals surface area contributed by atoms with Crippen molar-refractivity contribution in [2.24, 2.45) is 0 Å². The Balaban J connectivity index is 1.83. The van der Waals surface area contributed by atoms with E-state index in [0.717, 1.165) is 17.0 Å². The highest BCUT2D eigenvalue weighted by Crippen LogP contribution is 2.23. The van der Waals surface area contributed by atoms with E-state index < -0.39 is 0 Å². The summed E-state index contributed by atoms with van der Waals surface area (Å²) in [6.45, 7) is 4.40. The zero-order valence-corrected chi connectivity index (χ0v) is 15.4. The highest BCUT2D eigenvalue weighted by atomic mass is 35.5. The van der Waals surface area contributed by atoms with Crippen LogP contribution in [0.3, 0.4) is 0 Å². The highest BCUT2D eigenvalue weighted by molar-refractivity contribution is 6.34. The van der Waals surface area contributed by atoms with Gasteiger partial charge >= 0.3 is 0 Å². The molecule has 0 aliphatic carbocycles. The molecule has 2 aromatic carbocycles. The summed E-state index contributed by atoms with van der Waals surface area (Å²) in [5.74, 6) is -0.247. The van der Waals surface area contributed by atoms with E-state index in [1.54, 1.807) is 24.3 Å². The van der Waals surface area contributed by atoms with Crippen LogP contribution >= 0.6 is 23.2 Å². The Morgan fingerprint density at radius 3 is 2.44 bits per heavy atom. The summed E-state index contributed by atoms with van der Waals surface area (Å²) in [6.07, 6.45) is 0. The Bertz CT molecular complexity index is 917. The number of hydrogen-bond donors (Lipinski definition) is 1. The molecule has 0 fully saturated rings. The van der Waals surface area contributed by atoms with Crippen LogP contribution in [0.1, 0.15) is 27.3 Å². The average molecular weight is 374 g/mol. The van der Waals surface area contributed by atoms with Gasteiger partial charge in [-0.15, -0.1) is 0 Å². The fraction of sp³-hybridized carbons (Fsp3) is 0.158. The SMILES string of the molecule is Cc1nn(Cc2ccc(Cl)cc2)c(C)c1NC(=O)c1ccccc1Cl. The van der Waals surface area contributed by atoms with Crippen LogP contribution in [0, 0.1) is 13.8 Å². The van der Waals surface area contributed by atoms with Crippen LogP contribution in [0.2, 0.25) is 10.0 Å². The second-order valence-corrected chi connectivity index (χ2v) is 6.61. The lowest BCUT2D eigenvalue weighted by molar-refractivity contribution is 0.102. The van der Waals surface area contributed by atoms with E-state index in [4.69, 9.17) is 23.2 Å². The molecule has 3 aromatic rings. The quantitative estimate of drug-likeness (QED) is 0.690. The molecule has 4 nitrogen and oxygen atoms in total. The minimum atomic E-state index is -0.247. The fourth-order valence-corrected chi connectivity index (χ4v) is 2.97. The smallest absolute Gasteiger partial charge is 0.257 e. The summed E-state index contributed by atoms with van der Waals surface area (Å²) in [5, 5.41) is 8.58. The van der Waals surface area contributed by atoms with Crippen molar-refractivity contribution in [2.75, 3.05) is 5.32 Å². The number of nitrogens with one attached hydrogen (secondary N) is 1. The minimum absolute atomic E-state index is 0.247. The lowest BCUT2D eigenvalue weighted by atomic mass is 10.2. The number of benzene rings is 2. The summed E-state index contributed by atoms with van der Waals surface area (Å²) >= 11 is 12.0. The Labute approximate surface area is 156 Å². The molecule has 1 heterocycles. The van der Waals surface area contributed by atoms with E-state index in [2.05, 4.69) is 10.4 Å². The minimum Gasteiger partial charge on any atom is -0.319 e. The van der Waals surface area contributed by atoms with Crippen molar-refractivity contribution in [1.29, 1.82) is 0 Å². The van der Waals surface area contributed by atoms with Gasteiger partial charge in [-0.2, -0.15) is 5.10 Å². The number of rotatable bonds is 4. The van der Waals surface area contributed by atoms with Crippen molar-refractivity contribution >= 4 is 34.8 Å². The van der Waals surface area contributed by atoms with Gasteiger partial charge < -0.3 is 5.32 Å². The number of carbonyl (C=O) groups is 1. The summed E-state index contributed by atoms with van der Waals surface area (Å²) in [6, 6.07) is 14.6. The first-order valence-electron chi connectivity index (χ1n) is 7.80. The predicted octanol–water partition coefficient (Wildman–Crippen LogP) is 5.11. The molecule has 25 heavy (non-hydrogen) atoms. The maximum atomic E-state index is 12.5. The van der Waals surface area contributed by atoms with Crippen LogP contribution in [-0.4, -0.2) is 15.7 Å². The van der Waals surface area contributed by atoms with Crippen LogP contribution in [0.5, 0.6) is 0 Å². The van der Waals surface area contributed by atoms with Crippen molar-refractivity contribution in [2.45, 2.75) is 20.4 Å². The van der Waals surface area contributed by atoms with Gasteiger partial charge in [0, 0.05) is 5.02 Å². The lowest BCUT2D eigenvalue weighted by Gasteiger charge is -2.08. The Morgan fingerprint density at radius 2 is 1.76 bits per heavy atom. The molecule has 0 unspecified atom stereocenters. The maximum Gasteiger partial charge on any atom is 0.257 e. The molecule has 0 atom stereocenters. The zero-order chi connectivity index (χ0) is 18.0. The number of aromatic nitrogens is 2. The molecule has 0 saturated heterocycles. The number of nitrogens with zero attached hydrogens (tertiary/aromatic N) is 2. The third kappa shape index (κ3) is 3.86. The molecule has 0 spiro atoms. The van der Waals surface area contributed by atoms with Gasteiger partial charge in [0.25, 0.3) is 5.91 Å². The van der Waals surface area contributed by atoms with Gasteiger partial charge in [-0.1, -0.05) is 47.5 Å². The molecule has 0 radical (unpaired) electrons. The largest absolute Gasteiger partial charge is 0.319 e. The molecule has 128 valence electrons. The van der Waals surface area contributed by atoms with Gasteiger partial charge in [0.15, 0.2) is 0 Å². The number of amides is 1. The van der Waals surface area contributed by atoms with E-state index in [-0.39, 0.29) is 5.91 Å². The first-order chi connectivity index (χ1) is 12.0. The monoisotopic (exact) mass is 373 g/mol. The zero-order valence-electron chi connectivity index (χ0n) is 13.9. The van der Waals surface area contributed by atoms with Crippen molar-refractivity contribution in [3.8, 4) is 0 Å². The van der Waals surface area contributed by atoms with Gasteiger partial charge in [-0.05, 0) is 43.7 Å². The number of halogens is 2. The van der Waals surface area contributed by atoms with Crippen molar-refractivity contribution in [3.63, 3.8) is 0 Å². The van der Waals surface area contributed by atoms with Gasteiger partial charge in [0.2, 0.25) is 0 Å². The van der Waals surface area contributed by atoms with E-state index in [1.807, 2.05) is 42.8 Å². The fourth-order valence-electron chi connectivity index (χ4n) is 2.62. The molecular formula is C19H17Cl2N3O. The van der Waals surface area contributed by atoms with Crippen LogP contribution in [0.4, 0.5) is 5.69 Å². The molecule has 0 aliphatic heterocycles. The Hall–Kier alpha value is -2.30. The summed E-state index contributed by atoms with van der Waals surface area (Å²) < 4.78 is 1.86. The molecule has 6 heteroatoms. The van der Waals surface area contributed by atoms with Crippen molar-refractivity contribution < 1.29 is 4.79 Å². The molecule has 0 bridgehead atoms. The Kier molecular flexibility index (Phi) is 5.11.